The molecule has 0 unspecified atom stereocenters. The lowest BCUT2D eigenvalue weighted by Gasteiger charge is -2.23. The second-order valence-corrected chi connectivity index (χ2v) is 50.7. The molecule has 6 aromatic carbocycles. The van der Waals surface area contributed by atoms with E-state index in [9.17, 15) is 56.8 Å². The maximum absolute atomic E-state index is 12.8. The Kier molecular flexibility index (Phi) is 78.0. The number of ether oxygens (including phenoxy) is 6. The minimum absolute atomic E-state index is 0.0208. The first-order chi connectivity index (χ1) is 68.6. The van der Waals surface area contributed by atoms with Crippen molar-refractivity contribution in [2.24, 2.45) is 10.2 Å². The van der Waals surface area contributed by atoms with Crippen LogP contribution in [0, 0.1) is 0 Å². The van der Waals surface area contributed by atoms with E-state index in [0.717, 1.165) is 33.4 Å². The number of likely N-dealkylation sites (N-methyl/N-ethyl adjacent to an activating group) is 6. The van der Waals surface area contributed by atoms with Gasteiger partial charge >= 0.3 is 76.3 Å². The number of carbonyl (C=O) groups excluding carboxylic acids is 9. The largest absolute Gasteiger partial charge is 0.445 e. The van der Waals surface area contributed by atoms with Gasteiger partial charge in [-0.2, -0.15) is 0 Å². The molecular weight excluding hydrogens is 2090 g/mol. The van der Waals surface area contributed by atoms with E-state index in [1.807, 2.05) is 170 Å². The smallest absolute Gasteiger partial charge is 0.418 e. The van der Waals surface area contributed by atoms with Crippen LogP contribution in [0.1, 0.15) is 88.8 Å². The van der Waals surface area contributed by atoms with E-state index < -0.39 is 130 Å². The fourth-order valence-corrected chi connectivity index (χ4v) is 14.2. The highest BCUT2D eigenvalue weighted by molar-refractivity contribution is 9.26. The van der Waals surface area contributed by atoms with Crippen LogP contribution in [0.3, 0.4) is 0 Å². The zero-order valence-electron chi connectivity index (χ0n) is 84.8. The number of aliphatic hydroxyl groups excluding tert-OH is 1. The molecule has 18 N–H and O–H groups in total. The summed E-state index contributed by atoms with van der Waals surface area (Å²) in [6, 6.07) is 53.4. The normalized spacial score (nSPS) is 12.0. The number of nitrogens with one attached hydrogen (secondary N) is 15. The topological polar surface area (TPSA) is 636 Å². The lowest BCUT2D eigenvalue weighted by Crippen LogP contribution is -2.48. The van der Waals surface area contributed by atoms with Crippen LogP contribution >= 0.6 is 72.9 Å². The number of nitrogens with zero attached hydrogens (tertiary/aromatic N) is 6. The first kappa shape index (κ1) is 137. The average Bonchev–Trinajstić information content (AvgIpc) is 0.842. The molecule has 6 aromatic rings. The summed E-state index contributed by atoms with van der Waals surface area (Å²) in [5.41, 5.74) is 18.7. The van der Waals surface area contributed by atoms with Crippen molar-refractivity contribution in [3.63, 3.8) is 0 Å². The summed E-state index contributed by atoms with van der Waals surface area (Å²) in [4.78, 5) is 129. The van der Waals surface area contributed by atoms with Gasteiger partial charge in [0.15, 0.2) is 4.30 Å². The third kappa shape index (κ3) is 77.8. The molecule has 6 rings (SSSR count). The lowest BCUT2D eigenvalue weighted by atomic mass is 10.2. The second-order valence-electron chi connectivity index (χ2n) is 32.3. The summed E-state index contributed by atoms with van der Waals surface area (Å²) in [6.45, 7) is 22.9. The number of alkyl carbamates (subject to hydrolysis) is 6. The summed E-state index contributed by atoms with van der Waals surface area (Å²) in [5.74, 6) is 0. The van der Waals surface area contributed by atoms with E-state index in [1.54, 1.807) is 110 Å². The van der Waals surface area contributed by atoms with Gasteiger partial charge in [-0.05, 0) is 142 Å². The predicted octanol–water partition coefficient (Wildman–Crippen LogP) is 15.2. The number of azide groups is 2. The van der Waals surface area contributed by atoms with Crippen molar-refractivity contribution in [1.29, 1.82) is 0 Å². The molecule has 812 valence electrons. The Morgan fingerprint density at radius 2 is 0.510 bits per heavy atom. The summed E-state index contributed by atoms with van der Waals surface area (Å²) >= 11 is 17.9. The first-order valence-corrected chi connectivity index (χ1v) is 57.2. The van der Waals surface area contributed by atoms with E-state index in [1.165, 1.54) is 0 Å². The predicted molar refractivity (Wildman–Crippen MR) is 566 cm³/mol. The molecular formula is C91H146BrCl3N21O25P3Si. The molecule has 0 saturated heterocycles. The van der Waals surface area contributed by atoms with Crippen molar-refractivity contribution in [2.45, 2.75) is 180 Å². The van der Waals surface area contributed by atoms with Crippen molar-refractivity contribution >= 4 is 133 Å². The van der Waals surface area contributed by atoms with Gasteiger partial charge < -0.3 is 123 Å². The molecule has 0 spiro atoms. The molecule has 9 amide bonds. The van der Waals surface area contributed by atoms with Crippen LogP contribution < -0.4 is 79.8 Å². The third-order valence-corrected chi connectivity index (χ3v) is 21.3. The van der Waals surface area contributed by atoms with E-state index in [2.05, 4.69) is 135 Å². The number of amides is 9. The Morgan fingerprint density at radius 1 is 0.338 bits per heavy atom. The Bertz CT molecular complexity index is 4550. The van der Waals surface area contributed by atoms with Gasteiger partial charge in [-0.15, -0.1) is 15.3 Å². The second kappa shape index (κ2) is 82.7. The van der Waals surface area contributed by atoms with Gasteiger partial charge in [0.2, 0.25) is 0 Å². The molecule has 145 heavy (non-hydrogen) atoms. The third-order valence-electron chi connectivity index (χ3n) is 16.5. The highest BCUT2D eigenvalue weighted by Crippen LogP contribution is 2.52. The van der Waals surface area contributed by atoms with Gasteiger partial charge in [0.25, 0.3) is 0 Å². The van der Waals surface area contributed by atoms with Gasteiger partial charge in [-0.25, -0.2) is 42.5 Å². The number of carbonyl (C=O) groups is 9. The minimum Gasteiger partial charge on any atom is -0.445 e. The Morgan fingerprint density at radius 3 is 0.683 bits per heavy atom. The van der Waals surface area contributed by atoms with Crippen LogP contribution in [-0.4, -0.2) is 261 Å². The molecule has 0 heterocycles. The maximum atomic E-state index is 12.8. The van der Waals surface area contributed by atoms with Gasteiger partial charge in [-0.1, -0.05) is 247 Å². The van der Waals surface area contributed by atoms with Crippen molar-refractivity contribution in [3.05, 3.63) is 236 Å². The SMILES string of the molecule is CNC[C@@H](CN=[N+]=[N-])NC(=O)OCc1ccccc1.CNC[C@@H](CN=[N+]=[N-])NC(=O)OCc1ccccc1.CNC[C@@H](CNC(=O)P(=O)(O)O)NC(=O)OCc1ccccc1.CNC[C@@H](CNC(=O)P(=O)(OC(C)C)OC(C)C)NC(=O)OCc1ccccc1.CNC[C@@H](CNC(=O)P(=O)(OC(C)C)OC(C)C)NC(=O)OCc1ccccc1.CNC[C@@H](CO)NC(=O)OCc1ccccc1.C[Si](C)(C)Br.ClC(Cl)Cl. The van der Waals surface area contributed by atoms with Crippen LogP contribution in [0.5, 0.6) is 0 Å². The number of halogens is 4. The van der Waals surface area contributed by atoms with Gasteiger partial charge in [0, 0.05) is 81.8 Å². The summed E-state index contributed by atoms with van der Waals surface area (Å²) in [6.07, 6.45) is -5.34. The van der Waals surface area contributed by atoms with Crippen LogP contribution in [0.15, 0.2) is 192 Å². The number of hydrogen-bond acceptors (Lipinski definition) is 31. The fourth-order valence-electron chi connectivity index (χ4n) is 10.6. The van der Waals surface area contributed by atoms with E-state index in [-0.39, 0.29) is 104 Å². The monoisotopic (exact) mass is 2240 g/mol. The summed E-state index contributed by atoms with van der Waals surface area (Å²) in [7, 11) is -2.53. The quantitative estimate of drug-likeness (QED) is 0.00246. The number of benzene rings is 6. The molecule has 54 heteroatoms. The minimum atomic E-state index is -4.83. The van der Waals surface area contributed by atoms with Crippen molar-refractivity contribution < 1.29 is 118 Å². The number of hydrogen-bond donors (Lipinski definition) is 18. The van der Waals surface area contributed by atoms with Crippen LogP contribution in [0.25, 0.3) is 20.9 Å². The van der Waals surface area contributed by atoms with Crippen molar-refractivity contribution in [3.8, 4) is 0 Å². The first-order valence-electron chi connectivity index (χ1n) is 45.4. The number of rotatable bonds is 52. The van der Waals surface area contributed by atoms with Gasteiger partial charge in [-0.3, -0.25) is 32.5 Å². The molecule has 0 radical (unpaired) electrons. The van der Waals surface area contributed by atoms with Crippen LogP contribution in [-0.2, 0) is 99.9 Å². The van der Waals surface area contributed by atoms with Crippen molar-refractivity contribution in [1.82, 2.24) is 79.8 Å². The Hall–Kier alpha value is -10.3. The van der Waals surface area contributed by atoms with Crippen molar-refractivity contribution in [2.75, 3.05) is 121 Å². The average molecular weight is 2240 g/mol. The molecule has 0 aromatic heterocycles. The molecule has 0 aliphatic carbocycles. The number of aliphatic hydroxyl groups is 1. The number of alkyl halides is 3. The maximum Gasteiger partial charge on any atom is 0.418 e. The molecule has 0 bridgehead atoms. The standard InChI is InChI=1S/2C19H32N3O6P.C13H20N3O6P.2C12H17N5O2.C12H18N2O3.C3H9BrSi.CHCl3/c2*1-14(2)27-29(25,28-15(3)4)19(24)21-12-17(11-20-5)22-18(23)26-13-16-9-7-6-8-10-16;1-14-7-11(8-15-13(18)23(19,20)21)16-12(17)22-9-10-5-3-2-4-6-10;2*1-14-7-11(8-15-17-13)16-12(18)19-9-10-5-3-2-4-6-10;1-13-7-11(8-15)14-12(16)17-9-10-5-3-2-4-6-10;1-5(2,3)4;2-1(3)4/h2*6-10,14-15,17,20H,11-13H2,1-5H3,(H,21,24)(H,22,23);2-6,11,14H,7-9H2,1H3,(H,15,18)(H,16,17)(H2,19,20,21);2*2-6,11,14H,7-9H2,1H3,(H,16,18);2-6,11,13,15H,7-9H2,1H3,(H,14,16);1-3H3;1H/t2*17-;4*11-;;/m000000../s1. The Balaban J connectivity index is 0. The van der Waals surface area contributed by atoms with Crippen LogP contribution in [0.2, 0.25) is 19.6 Å². The van der Waals surface area contributed by atoms with E-state index >= 15 is 0 Å². The lowest BCUT2D eigenvalue weighted by molar-refractivity contribution is 0.129. The highest BCUT2D eigenvalue weighted by atomic mass is 79.9. The molecule has 46 nitrogen and oxygen atoms in total. The molecule has 0 fully saturated rings. The molecule has 6 atom stereocenters. The Labute approximate surface area is 872 Å². The molecule has 0 aliphatic rings. The zero-order valence-corrected chi connectivity index (χ0v) is 92.3. The van der Waals surface area contributed by atoms with Crippen LogP contribution in [0.4, 0.5) is 43.2 Å². The summed E-state index contributed by atoms with van der Waals surface area (Å²) in [5, 5.41) is 56.0. The molecule has 0 aliphatic heterocycles. The van der Waals surface area contributed by atoms with E-state index in [0.29, 0.717) is 32.7 Å². The fraction of sp³-hybridized carbons (Fsp3) is 0.505. The highest BCUT2D eigenvalue weighted by Gasteiger charge is 2.39. The molecule has 0 saturated carbocycles. The summed E-state index contributed by atoms with van der Waals surface area (Å²) < 4.78 is 87.2. The van der Waals surface area contributed by atoms with Gasteiger partial charge in [0.1, 0.15) is 46.3 Å². The zero-order chi connectivity index (χ0) is 109. The van der Waals surface area contributed by atoms with Gasteiger partial charge in [0.05, 0.1) is 67.3 Å². The van der Waals surface area contributed by atoms with E-state index in [4.69, 9.17) is 107 Å².